The normalized spacial score (nSPS) is 14.7. The molecule has 3 atom stereocenters. The molecule has 0 unspecified atom stereocenters. The van der Waals surface area contributed by atoms with Crippen LogP contribution in [0.3, 0.4) is 0 Å². The van der Waals surface area contributed by atoms with Crippen molar-refractivity contribution in [1.82, 2.24) is 10.6 Å². The molecule has 1 aromatic rings. The Morgan fingerprint density at radius 1 is 1.18 bits per heavy atom. The predicted molar refractivity (Wildman–Crippen MR) is 111 cm³/mol. The summed E-state index contributed by atoms with van der Waals surface area (Å²) in [7, 11) is 0. The van der Waals surface area contributed by atoms with E-state index in [1.54, 1.807) is 20.8 Å². The van der Waals surface area contributed by atoms with E-state index in [4.69, 9.17) is 4.74 Å². The summed E-state index contributed by atoms with van der Waals surface area (Å²) in [4.78, 5) is 24.7. The van der Waals surface area contributed by atoms with Gasteiger partial charge in [-0.25, -0.2) is 4.79 Å². The highest BCUT2D eigenvalue weighted by Gasteiger charge is 2.27. The second kappa shape index (κ2) is 11.3. The molecule has 0 aliphatic heterocycles. The summed E-state index contributed by atoms with van der Waals surface area (Å²) in [6.45, 7) is 8.31. The quantitative estimate of drug-likeness (QED) is 0.494. The number of aliphatic hydroxyl groups is 2. The number of aryl methyl sites for hydroxylation is 1. The maximum atomic E-state index is 12.6. The molecular weight excluding hydrogens is 380 g/mol. The topological polar surface area (TPSA) is 108 Å². The van der Waals surface area contributed by atoms with E-state index in [2.05, 4.69) is 10.6 Å². The third kappa shape index (κ3) is 9.43. The maximum absolute atomic E-state index is 12.6. The molecule has 0 bridgehead atoms. The number of aliphatic hydroxyl groups excluding tert-OH is 2. The van der Waals surface area contributed by atoms with Gasteiger partial charge in [-0.1, -0.05) is 29.8 Å². The number of carbonyl (C=O) groups excluding carboxylic acids is 2. The number of nitrogens with one attached hydrogen (secondary N) is 2. The van der Waals surface area contributed by atoms with Crippen LogP contribution in [0.5, 0.6) is 0 Å². The van der Waals surface area contributed by atoms with Gasteiger partial charge in [0.05, 0.1) is 18.8 Å². The number of hydrogen-bond donors (Lipinski definition) is 4. The second-order valence-corrected chi connectivity index (χ2v) is 8.77. The van der Waals surface area contributed by atoms with Gasteiger partial charge in [0.25, 0.3) is 0 Å². The van der Waals surface area contributed by atoms with E-state index >= 15 is 0 Å². The van der Waals surface area contributed by atoms with Crippen molar-refractivity contribution in [2.24, 2.45) is 0 Å². The molecule has 8 heteroatoms. The Morgan fingerprint density at radius 3 is 2.29 bits per heavy atom. The van der Waals surface area contributed by atoms with Gasteiger partial charge < -0.3 is 25.6 Å². The van der Waals surface area contributed by atoms with Crippen LogP contribution in [0.2, 0.25) is 0 Å². The van der Waals surface area contributed by atoms with Gasteiger partial charge in [0.1, 0.15) is 11.6 Å². The van der Waals surface area contributed by atoms with Crippen LogP contribution in [0.25, 0.3) is 0 Å². The van der Waals surface area contributed by atoms with Crippen molar-refractivity contribution in [3.63, 3.8) is 0 Å². The lowest BCUT2D eigenvalue weighted by molar-refractivity contribution is -0.124. The molecular formula is C20H32N2O5S. The van der Waals surface area contributed by atoms with Crippen LogP contribution in [0.1, 0.15) is 38.8 Å². The van der Waals surface area contributed by atoms with Gasteiger partial charge in [-0.3, -0.25) is 4.79 Å². The maximum Gasteiger partial charge on any atom is 0.408 e. The Balaban J connectivity index is 2.73. The average molecular weight is 413 g/mol. The summed E-state index contributed by atoms with van der Waals surface area (Å²) in [5.41, 5.74) is 1.60. The van der Waals surface area contributed by atoms with Gasteiger partial charge in [-0.05, 0) is 40.2 Å². The summed E-state index contributed by atoms with van der Waals surface area (Å²) >= 11 is 1.50. The van der Waals surface area contributed by atoms with Crippen molar-refractivity contribution in [1.29, 1.82) is 0 Å². The van der Waals surface area contributed by atoms with E-state index < -0.39 is 42.4 Å². The molecule has 0 aromatic heterocycles. The Bertz CT molecular complexity index is 628. The van der Waals surface area contributed by atoms with Gasteiger partial charge in [-0.2, -0.15) is 11.8 Å². The summed E-state index contributed by atoms with van der Waals surface area (Å²) in [6.07, 6.45) is -1.61. The molecule has 0 aliphatic carbocycles. The van der Waals surface area contributed by atoms with Gasteiger partial charge >= 0.3 is 6.09 Å². The number of hydrogen-bond acceptors (Lipinski definition) is 6. The molecule has 0 saturated carbocycles. The minimum atomic E-state index is -0.920. The number of benzene rings is 1. The molecule has 1 aromatic carbocycles. The Morgan fingerprint density at radius 2 is 1.79 bits per heavy atom. The number of thioether (sulfide) groups is 1. The highest BCUT2D eigenvalue weighted by atomic mass is 32.2. The molecule has 7 nitrogen and oxygen atoms in total. The van der Waals surface area contributed by atoms with Crippen LogP contribution >= 0.6 is 11.8 Å². The third-order valence-electron chi connectivity index (χ3n) is 3.79. The Hall–Kier alpha value is -1.77. The van der Waals surface area contributed by atoms with Gasteiger partial charge in [0.2, 0.25) is 5.91 Å². The highest BCUT2D eigenvalue weighted by Crippen LogP contribution is 2.15. The first kappa shape index (κ1) is 24.3. The summed E-state index contributed by atoms with van der Waals surface area (Å²) in [5, 5.41) is 24.1. The van der Waals surface area contributed by atoms with Crippen LogP contribution in [0.4, 0.5) is 4.79 Å². The monoisotopic (exact) mass is 412 g/mol. The molecule has 1 rings (SSSR count). The molecule has 0 aliphatic rings. The predicted octanol–water partition coefficient (Wildman–Crippen LogP) is 1.98. The van der Waals surface area contributed by atoms with Crippen LogP contribution in [0, 0.1) is 6.92 Å². The van der Waals surface area contributed by atoms with E-state index in [1.807, 2.05) is 31.2 Å². The number of alkyl carbamates (subject to hydrolysis) is 1. The Kier molecular flexibility index (Phi) is 9.78. The highest BCUT2D eigenvalue weighted by molar-refractivity contribution is 7.98. The number of rotatable bonds is 9. The van der Waals surface area contributed by atoms with Gasteiger partial charge in [0, 0.05) is 11.5 Å². The summed E-state index contributed by atoms with van der Waals surface area (Å²) in [6, 6.07) is 6.42. The standard InChI is InChI=1S/C20H32N2O5S/c1-13-6-8-15(9-7-13)11-28-12-17(22-19(26)27-20(3,4)5)18(25)21-16(10-23)14(2)24/h6-9,14,16-17,23-24H,10-12H2,1-5H3,(H,21,25)(H,22,26)/t14-,16-,17+/m1/s1. The van der Waals surface area contributed by atoms with Crippen molar-refractivity contribution in [2.75, 3.05) is 12.4 Å². The molecule has 4 N–H and O–H groups in total. The van der Waals surface area contributed by atoms with E-state index in [0.717, 1.165) is 5.56 Å². The van der Waals surface area contributed by atoms with E-state index in [9.17, 15) is 19.8 Å². The summed E-state index contributed by atoms with van der Waals surface area (Å²) in [5.74, 6) is 0.513. The van der Waals surface area contributed by atoms with Crippen molar-refractivity contribution in [2.45, 2.75) is 64.2 Å². The van der Waals surface area contributed by atoms with Crippen LogP contribution in [0.15, 0.2) is 24.3 Å². The van der Waals surface area contributed by atoms with Crippen LogP contribution < -0.4 is 10.6 Å². The first-order valence-corrected chi connectivity index (χ1v) is 10.4. The van der Waals surface area contributed by atoms with Crippen molar-refractivity contribution >= 4 is 23.8 Å². The molecule has 0 heterocycles. The average Bonchev–Trinajstić information content (AvgIpc) is 2.58. The van der Waals surface area contributed by atoms with Crippen molar-refractivity contribution in [3.05, 3.63) is 35.4 Å². The molecule has 28 heavy (non-hydrogen) atoms. The van der Waals surface area contributed by atoms with Crippen molar-refractivity contribution < 1.29 is 24.5 Å². The fourth-order valence-electron chi connectivity index (χ4n) is 2.21. The lowest BCUT2D eigenvalue weighted by atomic mass is 10.2. The number of carbonyl (C=O) groups is 2. The minimum Gasteiger partial charge on any atom is -0.444 e. The van der Waals surface area contributed by atoms with Gasteiger partial charge in [0.15, 0.2) is 0 Å². The fourth-order valence-corrected chi connectivity index (χ4v) is 3.23. The van der Waals surface area contributed by atoms with Crippen LogP contribution in [-0.2, 0) is 15.3 Å². The lowest BCUT2D eigenvalue weighted by Crippen LogP contribution is -2.54. The van der Waals surface area contributed by atoms with Gasteiger partial charge in [-0.15, -0.1) is 0 Å². The second-order valence-electron chi connectivity index (χ2n) is 7.74. The minimum absolute atomic E-state index is 0.316. The van der Waals surface area contributed by atoms with E-state index in [1.165, 1.54) is 24.2 Å². The van der Waals surface area contributed by atoms with E-state index in [0.29, 0.717) is 11.5 Å². The zero-order valence-electron chi connectivity index (χ0n) is 17.2. The Labute approximate surface area is 171 Å². The molecule has 2 amide bonds. The number of ether oxygens (including phenoxy) is 1. The molecule has 0 spiro atoms. The van der Waals surface area contributed by atoms with Crippen LogP contribution in [-0.4, -0.2) is 58.4 Å². The largest absolute Gasteiger partial charge is 0.444 e. The van der Waals surface area contributed by atoms with E-state index in [-0.39, 0.29) is 0 Å². The molecule has 0 radical (unpaired) electrons. The SMILES string of the molecule is Cc1ccc(CSC[C@H](NC(=O)OC(C)(C)C)C(=O)N[C@H](CO)[C@@H](C)O)cc1. The zero-order chi connectivity index (χ0) is 21.3. The van der Waals surface area contributed by atoms with Crippen molar-refractivity contribution in [3.8, 4) is 0 Å². The molecule has 158 valence electrons. The smallest absolute Gasteiger partial charge is 0.408 e. The first-order chi connectivity index (χ1) is 13.0. The summed E-state index contributed by atoms with van der Waals surface area (Å²) < 4.78 is 5.24. The lowest BCUT2D eigenvalue weighted by Gasteiger charge is -2.25. The molecule has 0 saturated heterocycles. The third-order valence-corrected chi connectivity index (χ3v) is 4.89. The zero-order valence-corrected chi connectivity index (χ0v) is 18.0. The molecule has 0 fully saturated rings. The first-order valence-electron chi connectivity index (χ1n) is 9.24. The fraction of sp³-hybridized carbons (Fsp3) is 0.600. The number of amides is 2.